The zero-order valence-corrected chi connectivity index (χ0v) is 30.7. The van der Waals surface area contributed by atoms with Crippen molar-refractivity contribution in [3.63, 3.8) is 0 Å². The molecule has 12 N–H and O–H groups in total. The lowest BCUT2D eigenvalue weighted by Gasteiger charge is -2.26. The molecule has 1 aromatic carbocycles. The van der Waals surface area contributed by atoms with Gasteiger partial charge in [-0.3, -0.25) is 39.0 Å². The van der Waals surface area contributed by atoms with Crippen LogP contribution in [0.1, 0.15) is 54.6 Å². The Hall–Kier alpha value is -7.14. The van der Waals surface area contributed by atoms with Gasteiger partial charge >= 0.3 is 11.7 Å². The average molecular weight is 797 g/mol. The lowest BCUT2D eigenvalue weighted by atomic mass is 10.0. The van der Waals surface area contributed by atoms with Crippen LogP contribution in [0.2, 0.25) is 0 Å². The Bertz CT molecular complexity index is 2050. The molecule has 306 valence electrons. The second kappa shape index (κ2) is 20.0. The van der Waals surface area contributed by atoms with E-state index in [-0.39, 0.29) is 74.7 Å². The maximum Gasteiger partial charge on any atom is 0.352 e. The van der Waals surface area contributed by atoms with Crippen molar-refractivity contribution in [3.8, 4) is 5.75 Å². The number of aliphatic carboxylic acids is 1. The Morgan fingerprint density at radius 2 is 1.47 bits per heavy atom. The summed E-state index contributed by atoms with van der Waals surface area (Å²) in [7, 11) is 1.38. The molecule has 1 saturated heterocycles. The van der Waals surface area contributed by atoms with E-state index in [0.29, 0.717) is 5.56 Å². The molecule has 2 aromatic heterocycles. The van der Waals surface area contributed by atoms with Gasteiger partial charge in [-0.1, -0.05) is 17.3 Å². The van der Waals surface area contributed by atoms with Gasteiger partial charge < -0.3 is 53.2 Å². The summed E-state index contributed by atoms with van der Waals surface area (Å²) in [5.41, 5.74) is 5.05. The third-order valence-corrected chi connectivity index (χ3v) is 8.63. The number of carboxylic acid groups (broad SMARTS) is 1. The molecule has 0 radical (unpaired) electrons. The van der Waals surface area contributed by atoms with E-state index >= 15 is 0 Å². The number of aromatic nitrogens is 5. The highest BCUT2D eigenvalue weighted by Crippen LogP contribution is 2.13. The van der Waals surface area contributed by atoms with E-state index in [2.05, 4.69) is 52.5 Å². The minimum absolute atomic E-state index is 0.00344. The van der Waals surface area contributed by atoms with Crippen LogP contribution in [0.15, 0.2) is 35.4 Å². The Morgan fingerprint density at radius 3 is 2.16 bits per heavy atom. The number of aromatic hydroxyl groups is 1. The average Bonchev–Trinajstić information content (AvgIpc) is 3.60. The molecule has 4 rings (SSSR count). The van der Waals surface area contributed by atoms with Gasteiger partial charge in [-0.25, -0.2) is 14.2 Å². The molecule has 1 aliphatic rings. The zero-order chi connectivity index (χ0) is 41.6. The second-order valence-electron chi connectivity index (χ2n) is 13.0. The topological polar surface area (TPSA) is 359 Å². The Kier molecular flexibility index (Phi) is 14.9. The minimum Gasteiger partial charge on any atom is -0.508 e. The molecular formula is C33H44N14O10. The first kappa shape index (κ1) is 42.6. The monoisotopic (exact) mass is 796 g/mol. The van der Waals surface area contributed by atoms with Crippen LogP contribution < -0.4 is 48.6 Å². The van der Waals surface area contributed by atoms with Crippen LogP contribution in [0.4, 0.5) is 0 Å². The predicted octanol–water partition coefficient (Wildman–Crippen LogP) is -4.52. The number of hydrogen-bond acceptors (Lipinski definition) is 13. The fourth-order valence-corrected chi connectivity index (χ4v) is 5.68. The highest BCUT2D eigenvalue weighted by molar-refractivity contribution is 5.99. The number of guanidine groups is 1. The molecule has 0 aliphatic carbocycles. The molecule has 0 spiro atoms. The zero-order valence-electron chi connectivity index (χ0n) is 30.7. The summed E-state index contributed by atoms with van der Waals surface area (Å²) in [6.07, 6.45) is 0.758. The molecule has 1 aliphatic heterocycles. The van der Waals surface area contributed by atoms with E-state index < -0.39 is 84.2 Å². The predicted molar refractivity (Wildman–Crippen MR) is 196 cm³/mol. The van der Waals surface area contributed by atoms with Crippen molar-refractivity contribution >= 4 is 53.0 Å². The summed E-state index contributed by atoms with van der Waals surface area (Å²) in [5, 5.41) is 51.6. The largest absolute Gasteiger partial charge is 0.508 e. The molecule has 0 unspecified atom stereocenters. The number of imidazole rings is 1. The molecule has 0 bridgehead atoms. The van der Waals surface area contributed by atoms with Gasteiger partial charge in [0, 0.05) is 26.6 Å². The molecule has 3 heterocycles. The quantitative estimate of drug-likeness (QED) is 0.0416. The SMILES string of the molecule is Cn1nnc2c(C(=O)NCCCC[C@@H]3NC(=O)[C@@H](Cc4ccc(O)cc4)NC(=O)[C@H](CC(=O)O)NC(=O)CNC(=O)[C@H](CCCNC(=N)N)NC3=O)ncn2c1=O. The van der Waals surface area contributed by atoms with Crippen LogP contribution in [0.5, 0.6) is 5.75 Å². The highest BCUT2D eigenvalue weighted by Gasteiger charge is 2.33. The maximum atomic E-state index is 13.9. The molecule has 6 amide bonds. The highest BCUT2D eigenvalue weighted by atomic mass is 16.4. The number of aryl methyl sites for hydroxylation is 1. The van der Waals surface area contributed by atoms with Crippen molar-refractivity contribution in [2.75, 3.05) is 19.6 Å². The number of nitrogens with one attached hydrogen (secondary N) is 8. The number of benzene rings is 1. The van der Waals surface area contributed by atoms with E-state index in [4.69, 9.17) is 11.1 Å². The van der Waals surface area contributed by atoms with Crippen molar-refractivity contribution in [1.82, 2.24) is 61.6 Å². The number of hydrogen-bond donors (Lipinski definition) is 11. The van der Waals surface area contributed by atoms with Gasteiger partial charge in [0.05, 0.1) is 13.0 Å². The van der Waals surface area contributed by atoms with Gasteiger partial charge in [-0.2, -0.15) is 4.68 Å². The Balaban J connectivity index is 1.56. The van der Waals surface area contributed by atoms with Gasteiger partial charge in [0.1, 0.15) is 36.2 Å². The van der Waals surface area contributed by atoms with E-state index in [1.807, 2.05) is 0 Å². The molecule has 1 fully saturated rings. The number of phenols is 1. The Morgan fingerprint density at radius 1 is 0.860 bits per heavy atom. The summed E-state index contributed by atoms with van der Waals surface area (Å²) in [5.74, 6) is -6.90. The van der Waals surface area contributed by atoms with Crippen LogP contribution in [-0.2, 0) is 42.2 Å². The molecule has 0 saturated carbocycles. The molecule has 57 heavy (non-hydrogen) atoms. The third kappa shape index (κ3) is 12.4. The lowest BCUT2D eigenvalue weighted by Crippen LogP contribution is -2.58. The maximum absolute atomic E-state index is 13.9. The first-order valence-corrected chi connectivity index (χ1v) is 17.7. The van der Waals surface area contributed by atoms with Crippen LogP contribution in [0.3, 0.4) is 0 Å². The van der Waals surface area contributed by atoms with Crippen LogP contribution in [-0.4, -0.2) is 126 Å². The fraction of sp³-hybridized carbons (Fsp3) is 0.455. The summed E-state index contributed by atoms with van der Waals surface area (Å²) < 4.78 is 2.03. The summed E-state index contributed by atoms with van der Waals surface area (Å²) in [6.45, 7) is -0.470. The number of carbonyl (C=O) groups excluding carboxylic acids is 6. The van der Waals surface area contributed by atoms with Gasteiger partial charge in [0.2, 0.25) is 29.5 Å². The van der Waals surface area contributed by atoms with Crippen molar-refractivity contribution in [2.24, 2.45) is 12.8 Å². The molecule has 24 nitrogen and oxygen atoms in total. The normalized spacial score (nSPS) is 19.5. The van der Waals surface area contributed by atoms with Gasteiger partial charge in [-0.15, -0.1) is 5.10 Å². The van der Waals surface area contributed by atoms with E-state index in [1.54, 1.807) is 0 Å². The van der Waals surface area contributed by atoms with Gasteiger partial charge in [0.25, 0.3) is 5.91 Å². The first-order chi connectivity index (χ1) is 27.1. The second-order valence-corrected chi connectivity index (χ2v) is 13.0. The number of carbonyl (C=O) groups is 7. The number of amides is 6. The van der Waals surface area contributed by atoms with E-state index in [1.165, 1.54) is 31.3 Å². The summed E-state index contributed by atoms with van der Waals surface area (Å²) in [4.78, 5) is 108. The van der Waals surface area contributed by atoms with Crippen LogP contribution in [0, 0.1) is 5.41 Å². The number of rotatable bonds is 14. The summed E-state index contributed by atoms with van der Waals surface area (Å²) >= 11 is 0. The van der Waals surface area contributed by atoms with Crippen molar-refractivity contribution in [3.05, 3.63) is 52.3 Å². The first-order valence-electron chi connectivity index (χ1n) is 17.7. The smallest absolute Gasteiger partial charge is 0.352 e. The van der Waals surface area contributed by atoms with E-state index in [0.717, 1.165) is 15.4 Å². The lowest BCUT2D eigenvalue weighted by molar-refractivity contribution is -0.141. The van der Waals surface area contributed by atoms with Gasteiger partial charge in [-0.05, 0) is 49.8 Å². The molecule has 4 atom stereocenters. The van der Waals surface area contributed by atoms with Crippen molar-refractivity contribution < 1.29 is 43.8 Å². The van der Waals surface area contributed by atoms with Gasteiger partial charge in [0.15, 0.2) is 17.3 Å². The van der Waals surface area contributed by atoms with Crippen molar-refractivity contribution in [2.45, 2.75) is 69.1 Å². The van der Waals surface area contributed by atoms with E-state index in [9.17, 15) is 48.6 Å². The number of unbranched alkanes of at least 4 members (excludes halogenated alkanes) is 1. The molecule has 3 aromatic rings. The third-order valence-electron chi connectivity index (χ3n) is 8.63. The minimum atomic E-state index is -1.66. The number of nitrogens with two attached hydrogens (primary N) is 1. The number of fused-ring (bicyclic) bond motifs is 1. The number of phenolic OH excluding ortho intramolecular Hbond substituents is 1. The molecular weight excluding hydrogens is 752 g/mol. The molecule has 24 heteroatoms. The number of carboxylic acids is 1. The van der Waals surface area contributed by atoms with Crippen LogP contribution >= 0.6 is 0 Å². The summed E-state index contributed by atoms with van der Waals surface area (Å²) in [6, 6.07) is 0.0165. The Labute approximate surface area is 323 Å². The van der Waals surface area contributed by atoms with Crippen LogP contribution in [0.25, 0.3) is 5.65 Å². The number of nitrogens with zero attached hydrogens (tertiary/aromatic N) is 5. The fourth-order valence-electron chi connectivity index (χ4n) is 5.68. The van der Waals surface area contributed by atoms with Crippen molar-refractivity contribution in [1.29, 1.82) is 5.41 Å². The standard InChI is InChI=1S/C33H44N14O10/c1-46-33(57)47-16-39-25(26(47)44-45-46)31(56)36-11-3-2-5-20-28(53)41-19(6-4-12-37-32(34)35)27(52)38-15-23(49)40-22(14-24(50)51)30(55)43-21(29(54)42-20)13-17-7-9-18(48)10-8-17/h7-10,16,19-22,48H,2-6,11-15H2,1H3,(H,36,56)(H,38,52)(H,40,49)(H,41,53)(H,42,54)(H,43,55)(H,50,51)(H4,34,35,37)/t19-,20-,21+,22-/m0/s1.